The van der Waals surface area contributed by atoms with Crippen LogP contribution in [-0.4, -0.2) is 27.5 Å². The van der Waals surface area contributed by atoms with E-state index in [0.29, 0.717) is 11.0 Å². The highest BCUT2D eigenvalue weighted by Gasteiger charge is 2.08. The number of carbonyl (C=O) groups excluding carboxylic acids is 1. The maximum absolute atomic E-state index is 11.8. The summed E-state index contributed by atoms with van der Waals surface area (Å²) in [4.78, 5) is 11.8. The molecule has 1 amide bonds. The van der Waals surface area contributed by atoms with Crippen molar-refractivity contribution in [3.63, 3.8) is 0 Å². The first-order valence-electron chi connectivity index (χ1n) is 6.08. The van der Waals surface area contributed by atoms with E-state index < -0.39 is 5.91 Å². The number of nitrogens with one attached hydrogen (secondary N) is 1. The number of para-hydroxylation sites is 1. The molecule has 1 heterocycles. The average Bonchev–Trinajstić information content (AvgIpc) is 2.95. The molecular formula is C14H10N4O3. The smallest absolute Gasteiger partial charge is 0.275 e. The lowest BCUT2D eigenvalue weighted by molar-refractivity contribution is 0.0952. The Morgan fingerprint density at radius 2 is 2.00 bits per heavy atom. The van der Waals surface area contributed by atoms with Crippen molar-refractivity contribution in [3.8, 4) is 5.75 Å². The van der Waals surface area contributed by atoms with Gasteiger partial charge in [0.05, 0.1) is 11.8 Å². The number of fused-ring (bicyclic) bond motifs is 1. The van der Waals surface area contributed by atoms with Gasteiger partial charge in [-0.15, -0.1) is 0 Å². The van der Waals surface area contributed by atoms with Crippen molar-refractivity contribution in [2.45, 2.75) is 0 Å². The van der Waals surface area contributed by atoms with Crippen LogP contribution in [0.3, 0.4) is 0 Å². The summed E-state index contributed by atoms with van der Waals surface area (Å²) in [6.07, 6.45) is 1.46. The van der Waals surface area contributed by atoms with E-state index in [2.05, 4.69) is 25.5 Å². The number of hydrogen-bond acceptors (Lipinski definition) is 6. The number of hydrazone groups is 1. The number of carbonyl (C=O) groups is 1. The molecule has 7 nitrogen and oxygen atoms in total. The molecule has 0 saturated heterocycles. The van der Waals surface area contributed by atoms with Gasteiger partial charge in [0.2, 0.25) is 0 Å². The minimum atomic E-state index is -0.492. The zero-order valence-corrected chi connectivity index (χ0v) is 10.7. The van der Waals surface area contributed by atoms with Gasteiger partial charge in [0.1, 0.15) is 16.8 Å². The molecular weight excluding hydrogens is 272 g/mol. The zero-order valence-electron chi connectivity index (χ0n) is 10.7. The summed E-state index contributed by atoms with van der Waals surface area (Å²) < 4.78 is 4.59. The molecule has 0 aliphatic carbocycles. The molecule has 0 aliphatic heterocycles. The number of rotatable bonds is 3. The van der Waals surface area contributed by atoms with E-state index in [0.717, 1.165) is 5.56 Å². The third kappa shape index (κ3) is 2.71. The number of nitrogens with zero attached hydrogens (tertiary/aromatic N) is 3. The van der Waals surface area contributed by atoms with Crippen molar-refractivity contribution >= 4 is 23.2 Å². The van der Waals surface area contributed by atoms with Crippen LogP contribution in [0.4, 0.5) is 0 Å². The fourth-order valence-corrected chi connectivity index (χ4v) is 1.77. The summed E-state index contributed by atoms with van der Waals surface area (Å²) in [6.45, 7) is 0. The minimum Gasteiger partial charge on any atom is -0.507 e. The van der Waals surface area contributed by atoms with Gasteiger partial charge in [0, 0.05) is 0 Å². The van der Waals surface area contributed by atoms with Crippen LogP contribution in [0.25, 0.3) is 11.0 Å². The Kier molecular flexibility index (Phi) is 3.30. The second-order valence-corrected chi connectivity index (χ2v) is 4.23. The Bertz CT molecular complexity index is 826. The maximum Gasteiger partial charge on any atom is 0.275 e. The molecule has 2 N–H and O–H groups in total. The fraction of sp³-hybridized carbons (Fsp3) is 0. The lowest BCUT2D eigenvalue weighted by atomic mass is 10.2. The van der Waals surface area contributed by atoms with Crippen LogP contribution >= 0.6 is 0 Å². The summed E-state index contributed by atoms with van der Waals surface area (Å²) in [5, 5.41) is 20.8. The Morgan fingerprint density at radius 1 is 1.19 bits per heavy atom. The molecule has 7 heteroatoms. The number of benzene rings is 2. The van der Waals surface area contributed by atoms with Gasteiger partial charge < -0.3 is 5.11 Å². The molecule has 3 aromatic rings. The maximum atomic E-state index is 11.8. The lowest BCUT2D eigenvalue weighted by Crippen LogP contribution is -2.17. The number of phenols is 1. The largest absolute Gasteiger partial charge is 0.507 e. The number of hydrogen-bond donors (Lipinski definition) is 2. The Morgan fingerprint density at radius 3 is 2.86 bits per heavy atom. The van der Waals surface area contributed by atoms with E-state index in [9.17, 15) is 9.90 Å². The fourth-order valence-electron chi connectivity index (χ4n) is 1.77. The van der Waals surface area contributed by atoms with Crippen LogP contribution in [0.5, 0.6) is 5.75 Å². The van der Waals surface area contributed by atoms with Crippen LogP contribution in [0.1, 0.15) is 15.9 Å². The monoisotopic (exact) mass is 282 g/mol. The molecule has 0 fully saturated rings. The molecule has 0 atom stereocenters. The van der Waals surface area contributed by atoms with Gasteiger partial charge in [0.15, 0.2) is 0 Å². The number of aromatic hydroxyl groups is 1. The molecule has 0 saturated carbocycles. The Balaban J connectivity index is 1.72. The van der Waals surface area contributed by atoms with Crippen molar-refractivity contribution < 1.29 is 14.5 Å². The van der Waals surface area contributed by atoms with Gasteiger partial charge in [-0.05, 0) is 40.1 Å². The van der Waals surface area contributed by atoms with Gasteiger partial charge in [-0.2, -0.15) is 5.10 Å². The van der Waals surface area contributed by atoms with Crippen LogP contribution < -0.4 is 5.43 Å². The van der Waals surface area contributed by atoms with E-state index >= 15 is 0 Å². The molecule has 2 aromatic carbocycles. The normalized spacial score (nSPS) is 11.0. The average molecular weight is 282 g/mol. The van der Waals surface area contributed by atoms with E-state index in [1.165, 1.54) is 18.3 Å². The zero-order chi connectivity index (χ0) is 14.7. The second kappa shape index (κ2) is 5.41. The lowest BCUT2D eigenvalue weighted by Gasteiger charge is -2.01. The first-order valence-corrected chi connectivity index (χ1v) is 6.08. The van der Waals surface area contributed by atoms with E-state index in [1.807, 2.05) is 0 Å². The van der Waals surface area contributed by atoms with Gasteiger partial charge in [-0.1, -0.05) is 18.2 Å². The number of aromatic nitrogens is 2. The summed E-state index contributed by atoms with van der Waals surface area (Å²) in [5.41, 5.74) is 4.48. The van der Waals surface area contributed by atoms with Crippen molar-refractivity contribution in [2.24, 2.45) is 5.10 Å². The Hall–Kier alpha value is -3.22. The highest BCUT2D eigenvalue weighted by molar-refractivity contribution is 5.97. The molecule has 0 bridgehead atoms. The molecule has 21 heavy (non-hydrogen) atoms. The summed E-state index contributed by atoms with van der Waals surface area (Å²) in [5.74, 6) is -0.589. The summed E-state index contributed by atoms with van der Waals surface area (Å²) >= 11 is 0. The SMILES string of the molecule is O=C(NN=Cc1ccc2nonc2c1)c1ccccc1O. The molecule has 0 unspecified atom stereocenters. The standard InChI is InChI=1S/C14H10N4O3/c19-13-4-2-1-3-10(13)14(20)16-15-8-9-5-6-11-12(7-9)18-21-17-11/h1-8,19H,(H,16,20). The highest BCUT2D eigenvalue weighted by Crippen LogP contribution is 2.15. The van der Waals surface area contributed by atoms with Crippen molar-refractivity contribution in [1.29, 1.82) is 0 Å². The van der Waals surface area contributed by atoms with Crippen LogP contribution in [0.15, 0.2) is 52.2 Å². The van der Waals surface area contributed by atoms with Crippen LogP contribution in [0, 0.1) is 0 Å². The van der Waals surface area contributed by atoms with Gasteiger partial charge in [-0.3, -0.25) is 4.79 Å². The number of phenolic OH excluding ortho intramolecular Hbond substituents is 1. The third-order valence-electron chi connectivity index (χ3n) is 2.81. The second-order valence-electron chi connectivity index (χ2n) is 4.23. The minimum absolute atomic E-state index is 0.0970. The van der Waals surface area contributed by atoms with E-state index in [1.54, 1.807) is 30.3 Å². The van der Waals surface area contributed by atoms with E-state index in [4.69, 9.17) is 0 Å². The van der Waals surface area contributed by atoms with Crippen molar-refractivity contribution in [2.75, 3.05) is 0 Å². The highest BCUT2D eigenvalue weighted by atomic mass is 16.6. The molecule has 104 valence electrons. The molecule has 1 aromatic heterocycles. The molecule has 0 radical (unpaired) electrons. The quantitative estimate of drug-likeness (QED) is 0.562. The predicted molar refractivity (Wildman–Crippen MR) is 75.0 cm³/mol. The summed E-state index contributed by atoms with van der Waals surface area (Å²) in [7, 11) is 0. The van der Waals surface area contributed by atoms with Gasteiger partial charge in [0.25, 0.3) is 5.91 Å². The van der Waals surface area contributed by atoms with Crippen molar-refractivity contribution in [1.82, 2.24) is 15.7 Å². The topological polar surface area (TPSA) is 101 Å². The Labute approximate surface area is 118 Å². The molecule has 0 spiro atoms. The molecule has 0 aliphatic rings. The van der Waals surface area contributed by atoms with Gasteiger partial charge in [-0.25, -0.2) is 10.1 Å². The first-order chi connectivity index (χ1) is 10.2. The summed E-state index contributed by atoms with van der Waals surface area (Å²) in [6, 6.07) is 11.5. The number of amides is 1. The predicted octanol–water partition coefficient (Wildman–Crippen LogP) is 1.69. The first kappa shape index (κ1) is 12.8. The van der Waals surface area contributed by atoms with Crippen molar-refractivity contribution in [3.05, 3.63) is 53.6 Å². The van der Waals surface area contributed by atoms with Crippen LogP contribution in [0.2, 0.25) is 0 Å². The molecule has 3 rings (SSSR count). The third-order valence-corrected chi connectivity index (χ3v) is 2.81. The van der Waals surface area contributed by atoms with E-state index in [-0.39, 0.29) is 11.3 Å². The van der Waals surface area contributed by atoms with Crippen LogP contribution in [-0.2, 0) is 0 Å². The van der Waals surface area contributed by atoms with Gasteiger partial charge >= 0.3 is 0 Å².